The second kappa shape index (κ2) is 9.35. The van der Waals surface area contributed by atoms with Crippen molar-refractivity contribution in [1.29, 1.82) is 0 Å². The van der Waals surface area contributed by atoms with E-state index in [1.807, 2.05) is 19.9 Å². The van der Waals surface area contributed by atoms with E-state index in [0.29, 0.717) is 28.3 Å². The van der Waals surface area contributed by atoms with Gasteiger partial charge in [0.1, 0.15) is 23.0 Å². The molecule has 4 rings (SSSR count). The largest absolute Gasteiger partial charge is 0.508 e. The summed E-state index contributed by atoms with van der Waals surface area (Å²) in [5, 5.41) is 21.5. The maximum Gasteiger partial charge on any atom is 0.300 e. The van der Waals surface area contributed by atoms with Crippen LogP contribution in [0, 0.1) is 13.8 Å². The lowest BCUT2D eigenvalue weighted by Gasteiger charge is -2.26. The third-order valence-corrected chi connectivity index (χ3v) is 6.24. The second-order valence-electron chi connectivity index (χ2n) is 8.24. The van der Waals surface area contributed by atoms with Crippen LogP contribution in [0.3, 0.4) is 0 Å². The van der Waals surface area contributed by atoms with Crippen LogP contribution in [0.25, 0.3) is 5.76 Å². The predicted molar refractivity (Wildman–Crippen MR) is 133 cm³/mol. The number of nitrogens with zero attached hydrogens (tertiary/aromatic N) is 1. The summed E-state index contributed by atoms with van der Waals surface area (Å²) in [6.45, 7) is 3.69. The number of aliphatic hydroxyl groups excluding tert-OH is 1. The van der Waals surface area contributed by atoms with E-state index in [9.17, 15) is 19.8 Å². The Balaban J connectivity index is 2.00. The van der Waals surface area contributed by atoms with Crippen molar-refractivity contribution in [1.82, 2.24) is 0 Å². The third kappa shape index (κ3) is 4.19. The van der Waals surface area contributed by atoms with E-state index >= 15 is 0 Å². The van der Waals surface area contributed by atoms with Gasteiger partial charge in [-0.3, -0.25) is 14.5 Å². The van der Waals surface area contributed by atoms with Crippen molar-refractivity contribution >= 4 is 34.7 Å². The summed E-state index contributed by atoms with van der Waals surface area (Å²) in [7, 11) is 2.95. The van der Waals surface area contributed by atoms with Crippen molar-refractivity contribution in [3.8, 4) is 17.2 Å². The van der Waals surface area contributed by atoms with Crippen LogP contribution in [-0.4, -0.2) is 36.1 Å². The minimum atomic E-state index is -0.981. The minimum Gasteiger partial charge on any atom is -0.508 e. The van der Waals surface area contributed by atoms with Gasteiger partial charge >= 0.3 is 0 Å². The normalized spacial score (nSPS) is 17.1. The van der Waals surface area contributed by atoms with Gasteiger partial charge in [-0.2, -0.15) is 0 Å². The first-order valence-electron chi connectivity index (χ1n) is 10.8. The summed E-state index contributed by atoms with van der Waals surface area (Å²) >= 11 is 6.32. The Morgan fingerprint density at radius 1 is 0.971 bits per heavy atom. The number of amides is 1. The number of hydrogen-bond acceptors (Lipinski definition) is 6. The Labute approximate surface area is 207 Å². The number of phenolic OH excluding ortho intramolecular Hbond substituents is 1. The van der Waals surface area contributed by atoms with E-state index in [4.69, 9.17) is 21.1 Å². The first-order valence-corrected chi connectivity index (χ1v) is 11.1. The second-order valence-corrected chi connectivity index (χ2v) is 8.65. The number of anilines is 1. The van der Waals surface area contributed by atoms with Crippen LogP contribution in [0.5, 0.6) is 17.2 Å². The molecule has 1 heterocycles. The molecule has 8 heteroatoms. The molecule has 0 aromatic heterocycles. The zero-order chi connectivity index (χ0) is 25.4. The minimum absolute atomic E-state index is 0.0224. The molecule has 1 aliphatic rings. The molecule has 1 fully saturated rings. The molecule has 35 heavy (non-hydrogen) atoms. The number of aliphatic hydroxyl groups is 1. The van der Waals surface area contributed by atoms with Crippen molar-refractivity contribution in [3.63, 3.8) is 0 Å². The topological polar surface area (TPSA) is 96.3 Å². The van der Waals surface area contributed by atoms with E-state index in [0.717, 1.165) is 11.1 Å². The van der Waals surface area contributed by atoms with Crippen molar-refractivity contribution in [2.24, 2.45) is 0 Å². The SMILES string of the molecule is COc1ccc(N2C(=O)C(=O)/C(=C(/O)c3cc(C)cc(C)c3OC)C2c2ccc(O)cc2)cc1Cl. The molecule has 180 valence electrons. The molecule has 0 radical (unpaired) electrons. The number of ether oxygens (including phenoxy) is 2. The van der Waals surface area contributed by atoms with E-state index in [2.05, 4.69) is 0 Å². The van der Waals surface area contributed by atoms with Crippen LogP contribution in [-0.2, 0) is 9.59 Å². The van der Waals surface area contributed by atoms with Gasteiger partial charge in [-0.25, -0.2) is 0 Å². The maximum absolute atomic E-state index is 13.4. The molecule has 0 aliphatic carbocycles. The number of benzene rings is 3. The van der Waals surface area contributed by atoms with Gasteiger partial charge in [-0.05, 0) is 66.9 Å². The number of ketones is 1. The monoisotopic (exact) mass is 493 g/mol. The highest BCUT2D eigenvalue weighted by atomic mass is 35.5. The summed E-state index contributed by atoms with van der Waals surface area (Å²) in [6.07, 6.45) is 0. The highest BCUT2D eigenvalue weighted by Crippen LogP contribution is 2.45. The number of aryl methyl sites for hydroxylation is 2. The zero-order valence-corrected chi connectivity index (χ0v) is 20.4. The molecule has 7 nitrogen and oxygen atoms in total. The van der Waals surface area contributed by atoms with Crippen LogP contribution in [0.4, 0.5) is 5.69 Å². The van der Waals surface area contributed by atoms with Gasteiger partial charge < -0.3 is 19.7 Å². The molecular weight excluding hydrogens is 470 g/mol. The van der Waals surface area contributed by atoms with Gasteiger partial charge in [-0.15, -0.1) is 0 Å². The highest BCUT2D eigenvalue weighted by molar-refractivity contribution is 6.52. The standard InChI is InChI=1S/C27H24ClNO6/c1-14-11-15(2)26(35-4)19(12-14)24(31)22-23(16-5-8-18(30)9-6-16)29(27(33)25(22)32)17-7-10-21(34-3)20(28)13-17/h5-13,23,30-31H,1-4H3/b24-22+. The van der Waals surface area contributed by atoms with E-state index in [-0.39, 0.29) is 22.1 Å². The van der Waals surface area contributed by atoms with Gasteiger partial charge in [0.15, 0.2) is 0 Å². The third-order valence-electron chi connectivity index (χ3n) is 5.95. The van der Waals surface area contributed by atoms with E-state index < -0.39 is 17.7 Å². The molecule has 3 aromatic carbocycles. The lowest BCUT2D eigenvalue weighted by Crippen LogP contribution is -2.29. The van der Waals surface area contributed by atoms with Gasteiger partial charge in [0.05, 0.1) is 36.4 Å². The molecular formula is C27H24ClNO6. The molecule has 3 aromatic rings. The number of hydrogen-bond donors (Lipinski definition) is 2. The molecule has 1 atom stereocenters. The molecule has 0 spiro atoms. The number of methoxy groups -OCH3 is 2. The quantitative estimate of drug-likeness (QED) is 0.284. The Morgan fingerprint density at radius 2 is 1.66 bits per heavy atom. The van der Waals surface area contributed by atoms with E-state index in [1.54, 1.807) is 30.3 Å². The predicted octanol–water partition coefficient (Wildman–Crippen LogP) is 5.31. The molecule has 1 unspecified atom stereocenters. The Hall–Kier alpha value is -3.97. The fourth-order valence-corrected chi connectivity index (χ4v) is 4.67. The molecule has 0 saturated carbocycles. The average molecular weight is 494 g/mol. The Morgan fingerprint density at radius 3 is 2.26 bits per heavy atom. The number of phenols is 1. The molecule has 2 N–H and O–H groups in total. The zero-order valence-electron chi connectivity index (χ0n) is 19.6. The molecule has 1 amide bonds. The van der Waals surface area contributed by atoms with Gasteiger partial charge in [-0.1, -0.05) is 29.8 Å². The molecule has 0 bridgehead atoms. The number of rotatable bonds is 5. The van der Waals surface area contributed by atoms with Crippen molar-refractivity contribution in [2.45, 2.75) is 19.9 Å². The van der Waals surface area contributed by atoms with Crippen LogP contribution in [0.2, 0.25) is 5.02 Å². The average Bonchev–Trinajstić information content (AvgIpc) is 3.09. The first-order chi connectivity index (χ1) is 16.7. The van der Waals surface area contributed by atoms with Crippen LogP contribution < -0.4 is 14.4 Å². The van der Waals surface area contributed by atoms with Gasteiger partial charge in [0.25, 0.3) is 11.7 Å². The molecule has 1 aliphatic heterocycles. The lowest BCUT2D eigenvalue weighted by molar-refractivity contribution is -0.132. The van der Waals surface area contributed by atoms with Gasteiger partial charge in [0.2, 0.25) is 0 Å². The summed E-state index contributed by atoms with van der Waals surface area (Å²) in [5.74, 6) is -1.20. The fraction of sp³-hybridized carbons (Fsp3) is 0.185. The Kier molecular flexibility index (Phi) is 6.45. The fourth-order valence-electron chi connectivity index (χ4n) is 4.42. The lowest BCUT2D eigenvalue weighted by atomic mass is 9.93. The van der Waals surface area contributed by atoms with Gasteiger partial charge in [0, 0.05) is 5.69 Å². The first kappa shape index (κ1) is 24.2. The van der Waals surface area contributed by atoms with Crippen molar-refractivity contribution < 1.29 is 29.3 Å². The van der Waals surface area contributed by atoms with Crippen LogP contribution in [0.15, 0.2) is 60.2 Å². The summed E-state index contributed by atoms with van der Waals surface area (Å²) in [6, 6.07) is 13.4. The number of halogens is 1. The number of carbonyl (C=O) groups is 2. The van der Waals surface area contributed by atoms with Crippen molar-refractivity contribution in [2.75, 3.05) is 19.1 Å². The summed E-state index contributed by atoms with van der Waals surface area (Å²) < 4.78 is 10.7. The number of aromatic hydroxyl groups is 1. The summed E-state index contributed by atoms with van der Waals surface area (Å²) in [5.41, 5.74) is 2.69. The highest BCUT2D eigenvalue weighted by Gasteiger charge is 2.47. The van der Waals surface area contributed by atoms with Crippen molar-refractivity contribution in [3.05, 3.63) is 87.4 Å². The van der Waals surface area contributed by atoms with Crippen LogP contribution >= 0.6 is 11.6 Å². The van der Waals surface area contributed by atoms with Crippen LogP contribution in [0.1, 0.15) is 28.3 Å². The number of carbonyl (C=O) groups excluding carboxylic acids is 2. The van der Waals surface area contributed by atoms with E-state index in [1.165, 1.54) is 37.3 Å². The number of Topliss-reactive ketones (excluding diaryl/α,β-unsaturated/α-hetero) is 1. The maximum atomic E-state index is 13.4. The smallest absolute Gasteiger partial charge is 0.300 e. The summed E-state index contributed by atoms with van der Waals surface area (Å²) in [4.78, 5) is 28.0. The Bertz CT molecular complexity index is 1360. The molecule has 1 saturated heterocycles.